The van der Waals surface area contributed by atoms with Gasteiger partial charge in [0.25, 0.3) is 0 Å². The average molecular weight is 264 g/mol. The second kappa shape index (κ2) is 6.43. The van der Waals surface area contributed by atoms with Crippen LogP contribution in [-0.4, -0.2) is 42.8 Å². The maximum Gasteiger partial charge on any atom is 0.321 e. The lowest BCUT2D eigenvalue weighted by atomic mass is 10.1. The van der Waals surface area contributed by atoms with E-state index >= 15 is 0 Å². The van der Waals surface area contributed by atoms with Crippen molar-refractivity contribution in [2.75, 3.05) is 32.1 Å². The third kappa shape index (κ3) is 3.61. The fourth-order valence-electron chi connectivity index (χ4n) is 2.34. The number of aliphatic hydroxyl groups is 1. The number of carbonyl (C=O) groups is 1. The number of hydrogen-bond donors (Lipinski definition) is 2. The molecule has 1 saturated heterocycles. The molecule has 0 saturated carbocycles. The van der Waals surface area contributed by atoms with E-state index in [1.165, 1.54) is 0 Å². The molecule has 1 fully saturated rings. The van der Waals surface area contributed by atoms with Gasteiger partial charge in [0, 0.05) is 31.5 Å². The summed E-state index contributed by atoms with van der Waals surface area (Å²) in [6, 6.07) is 7.21. The standard InChI is InChI=1S/C14H20N2O3/c1-19-13-4-2-3-12(9-13)15-14(18)16-7-5-11(10-16)6-8-17/h2-4,9,11,17H,5-8,10H2,1H3,(H,15,18). The first-order valence-electron chi connectivity index (χ1n) is 6.53. The molecule has 1 atom stereocenters. The highest BCUT2D eigenvalue weighted by atomic mass is 16.5. The van der Waals surface area contributed by atoms with Gasteiger partial charge in [-0.3, -0.25) is 0 Å². The summed E-state index contributed by atoms with van der Waals surface area (Å²) in [5, 5.41) is 11.8. The lowest BCUT2D eigenvalue weighted by molar-refractivity contribution is 0.217. The average Bonchev–Trinajstić information content (AvgIpc) is 2.88. The first-order valence-corrected chi connectivity index (χ1v) is 6.53. The number of rotatable bonds is 4. The molecule has 0 bridgehead atoms. The highest BCUT2D eigenvalue weighted by Crippen LogP contribution is 2.21. The van der Waals surface area contributed by atoms with Crippen LogP contribution in [-0.2, 0) is 0 Å². The number of aliphatic hydroxyl groups excluding tert-OH is 1. The SMILES string of the molecule is COc1cccc(NC(=O)N2CCC(CCO)C2)c1. The number of hydrogen-bond acceptors (Lipinski definition) is 3. The lowest BCUT2D eigenvalue weighted by Crippen LogP contribution is -2.33. The molecule has 2 rings (SSSR count). The van der Waals surface area contributed by atoms with Crippen LogP contribution in [0.5, 0.6) is 5.75 Å². The first kappa shape index (κ1) is 13.7. The van der Waals surface area contributed by atoms with Crippen LogP contribution in [0.4, 0.5) is 10.5 Å². The fourth-order valence-corrected chi connectivity index (χ4v) is 2.34. The van der Waals surface area contributed by atoms with Crippen LogP contribution in [0.25, 0.3) is 0 Å². The molecule has 2 amide bonds. The molecule has 2 N–H and O–H groups in total. The molecule has 0 spiro atoms. The van der Waals surface area contributed by atoms with Crippen LogP contribution in [0.15, 0.2) is 24.3 Å². The number of carbonyl (C=O) groups excluding carboxylic acids is 1. The number of likely N-dealkylation sites (tertiary alicyclic amines) is 1. The van der Waals surface area contributed by atoms with E-state index in [1.54, 1.807) is 18.1 Å². The monoisotopic (exact) mass is 264 g/mol. The zero-order valence-corrected chi connectivity index (χ0v) is 11.1. The van der Waals surface area contributed by atoms with E-state index in [0.29, 0.717) is 5.92 Å². The summed E-state index contributed by atoms with van der Waals surface area (Å²) >= 11 is 0. The quantitative estimate of drug-likeness (QED) is 0.873. The van der Waals surface area contributed by atoms with E-state index in [0.717, 1.165) is 37.4 Å². The molecule has 0 aliphatic carbocycles. The van der Waals surface area contributed by atoms with Crippen molar-refractivity contribution in [2.24, 2.45) is 5.92 Å². The molecular weight excluding hydrogens is 244 g/mol. The van der Waals surface area contributed by atoms with E-state index in [-0.39, 0.29) is 12.6 Å². The highest BCUT2D eigenvalue weighted by molar-refractivity contribution is 5.89. The van der Waals surface area contributed by atoms with Gasteiger partial charge in [-0.25, -0.2) is 4.79 Å². The summed E-state index contributed by atoms with van der Waals surface area (Å²) < 4.78 is 5.12. The minimum atomic E-state index is -0.0892. The topological polar surface area (TPSA) is 61.8 Å². The molecule has 1 aliphatic heterocycles. The second-order valence-corrected chi connectivity index (χ2v) is 4.78. The molecule has 0 radical (unpaired) electrons. The molecule has 1 aromatic rings. The van der Waals surface area contributed by atoms with Gasteiger partial charge in [0.05, 0.1) is 7.11 Å². The molecule has 0 aromatic heterocycles. The Hall–Kier alpha value is -1.75. The van der Waals surface area contributed by atoms with Crippen molar-refractivity contribution in [3.8, 4) is 5.75 Å². The van der Waals surface area contributed by atoms with Gasteiger partial charge < -0.3 is 20.1 Å². The van der Waals surface area contributed by atoms with Gasteiger partial charge in [-0.05, 0) is 30.9 Å². The van der Waals surface area contributed by atoms with Crippen molar-refractivity contribution in [3.05, 3.63) is 24.3 Å². The number of ether oxygens (including phenoxy) is 1. The largest absolute Gasteiger partial charge is 0.497 e. The van der Waals surface area contributed by atoms with Crippen LogP contribution in [0, 0.1) is 5.92 Å². The van der Waals surface area contributed by atoms with Crippen molar-refractivity contribution in [1.29, 1.82) is 0 Å². The Bertz CT molecular complexity index is 436. The summed E-state index contributed by atoms with van der Waals surface area (Å²) in [6.45, 7) is 1.66. The van der Waals surface area contributed by atoms with Gasteiger partial charge in [0.15, 0.2) is 0 Å². The number of benzene rings is 1. The van der Waals surface area contributed by atoms with Gasteiger partial charge in [-0.15, -0.1) is 0 Å². The van der Waals surface area contributed by atoms with E-state index in [2.05, 4.69) is 5.32 Å². The third-order valence-electron chi connectivity index (χ3n) is 3.43. The first-order chi connectivity index (χ1) is 9.22. The summed E-state index contributed by atoms with van der Waals surface area (Å²) in [5.41, 5.74) is 0.731. The minimum Gasteiger partial charge on any atom is -0.497 e. The molecule has 1 unspecified atom stereocenters. The van der Waals surface area contributed by atoms with Gasteiger partial charge >= 0.3 is 6.03 Å². The maximum atomic E-state index is 12.1. The number of urea groups is 1. The Labute approximate surface area is 113 Å². The van der Waals surface area contributed by atoms with E-state index < -0.39 is 0 Å². The van der Waals surface area contributed by atoms with E-state index in [4.69, 9.17) is 9.84 Å². The van der Waals surface area contributed by atoms with Crippen molar-refractivity contribution >= 4 is 11.7 Å². The van der Waals surface area contributed by atoms with Crippen molar-refractivity contribution in [3.63, 3.8) is 0 Å². The predicted molar refractivity (Wildman–Crippen MR) is 73.4 cm³/mol. The Kier molecular flexibility index (Phi) is 4.63. The summed E-state index contributed by atoms with van der Waals surface area (Å²) in [7, 11) is 1.60. The van der Waals surface area contributed by atoms with Crippen LogP contribution >= 0.6 is 0 Å². The summed E-state index contributed by atoms with van der Waals surface area (Å²) in [6.07, 6.45) is 1.73. The summed E-state index contributed by atoms with van der Waals surface area (Å²) in [5.74, 6) is 1.14. The van der Waals surface area contributed by atoms with Crippen LogP contribution < -0.4 is 10.1 Å². The molecule has 5 heteroatoms. The minimum absolute atomic E-state index is 0.0892. The number of methoxy groups -OCH3 is 1. The van der Waals surface area contributed by atoms with Gasteiger partial charge in [0.1, 0.15) is 5.75 Å². The highest BCUT2D eigenvalue weighted by Gasteiger charge is 2.25. The Morgan fingerprint density at radius 1 is 1.58 bits per heavy atom. The van der Waals surface area contributed by atoms with Gasteiger partial charge in [0.2, 0.25) is 0 Å². The predicted octanol–water partition coefficient (Wildman–Crippen LogP) is 1.93. The van der Waals surface area contributed by atoms with Crippen LogP contribution in [0.2, 0.25) is 0 Å². The molecular formula is C14H20N2O3. The molecule has 5 nitrogen and oxygen atoms in total. The Morgan fingerprint density at radius 2 is 2.42 bits per heavy atom. The number of anilines is 1. The Morgan fingerprint density at radius 3 is 3.16 bits per heavy atom. The smallest absolute Gasteiger partial charge is 0.321 e. The van der Waals surface area contributed by atoms with Crippen LogP contribution in [0.3, 0.4) is 0 Å². The van der Waals surface area contributed by atoms with Crippen molar-refractivity contribution in [2.45, 2.75) is 12.8 Å². The van der Waals surface area contributed by atoms with E-state index in [1.807, 2.05) is 18.2 Å². The number of nitrogens with one attached hydrogen (secondary N) is 1. The number of nitrogens with zero attached hydrogens (tertiary/aromatic N) is 1. The zero-order valence-electron chi connectivity index (χ0n) is 11.1. The Balaban J connectivity index is 1.90. The normalized spacial score (nSPS) is 18.4. The lowest BCUT2D eigenvalue weighted by Gasteiger charge is -2.17. The third-order valence-corrected chi connectivity index (χ3v) is 3.43. The molecule has 1 heterocycles. The van der Waals surface area contributed by atoms with Crippen molar-refractivity contribution in [1.82, 2.24) is 4.90 Å². The maximum absolute atomic E-state index is 12.1. The van der Waals surface area contributed by atoms with E-state index in [9.17, 15) is 4.79 Å². The van der Waals surface area contributed by atoms with Crippen LogP contribution in [0.1, 0.15) is 12.8 Å². The van der Waals surface area contributed by atoms with Crippen molar-refractivity contribution < 1.29 is 14.6 Å². The molecule has 1 aliphatic rings. The fraction of sp³-hybridized carbons (Fsp3) is 0.500. The molecule has 104 valence electrons. The van der Waals surface area contributed by atoms with Gasteiger partial charge in [-0.2, -0.15) is 0 Å². The molecule has 19 heavy (non-hydrogen) atoms. The van der Waals surface area contributed by atoms with Gasteiger partial charge in [-0.1, -0.05) is 6.07 Å². The number of amides is 2. The second-order valence-electron chi connectivity index (χ2n) is 4.78. The molecule has 1 aromatic carbocycles. The summed E-state index contributed by atoms with van der Waals surface area (Å²) in [4.78, 5) is 13.9. The zero-order chi connectivity index (χ0) is 13.7.